The van der Waals surface area contributed by atoms with E-state index in [1.165, 1.54) is 25.3 Å². The van der Waals surface area contributed by atoms with Crippen LogP contribution in [0, 0.1) is 0 Å². The van der Waals surface area contributed by atoms with Gasteiger partial charge < -0.3 is 24.6 Å². The van der Waals surface area contributed by atoms with Gasteiger partial charge in [0.1, 0.15) is 0 Å². The van der Waals surface area contributed by atoms with Gasteiger partial charge >= 0.3 is 6.61 Å². The summed E-state index contributed by atoms with van der Waals surface area (Å²) in [7, 11) is 1.36. The molecule has 0 unspecified atom stereocenters. The molecule has 0 radical (unpaired) electrons. The second-order valence-corrected chi connectivity index (χ2v) is 6.72. The van der Waals surface area contributed by atoms with Crippen molar-refractivity contribution in [2.24, 2.45) is 0 Å². The molecule has 29 heavy (non-hydrogen) atoms. The summed E-state index contributed by atoms with van der Waals surface area (Å²) >= 11 is 0. The van der Waals surface area contributed by atoms with E-state index in [0.717, 1.165) is 11.3 Å². The number of halogens is 2. The normalized spacial score (nSPS) is 15.0. The van der Waals surface area contributed by atoms with Crippen LogP contribution < -0.4 is 19.7 Å². The van der Waals surface area contributed by atoms with Crippen LogP contribution in [0.5, 0.6) is 11.5 Å². The molecular formula is C20H28F2N3O4+. The number of methoxy groups -OCH3 is 1. The van der Waals surface area contributed by atoms with Crippen LogP contribution in [0.1, 0.15) is 18.9 Å². The van der Waals surface area contributed by atoms with Gasteiger partial charge in [-0.05, 0) is 30.2 Å². The Morgan fingerprint density at radius 1 is 1.28 bits per heavy atom. The van der Waals surface area contributed by atoms with Gasteiger partial charge in [-0.25, -0.2) is 0 Å². The first-order valence-corrected chi connectivity index (χ1v) is 9.63. The Labute approximate surface area is 169 Å². The number of nitrogens with zero attached hydrogens (tertiary/aromatic N) is 1. The Bertz CT molecular complexity index is 720. The monoisotopic (exact) mass is 412 g/mol. The van der Waals surface area contributed by atoms with E-state index in [2.05, 4.69) is 10.1 Å². The van der Waals surface area contributed by atoms with Crippen molar-refractivity contribution >= 4 is 17.9 Å². The molecule has 0 atom stereocenters. The number of quaternary nitrogens is 1. The maximum atomic E-state index is 12.4. The fourth-order valence-corrected chi connectivity index (χ4v) is 3.03. The minimum absolute atomic E-state index is 0.0368. The van der Waals surface area contributed by atoms with Gasteiger partial charge in [0.05, 0.1) is 33.3 Å². The van der Waals surface area contributed by atoms with E-state index < -0.39 is 6.61 Å². The van der Waals surface area contributed by atoms with Crippen LogP contribution in [-0.4, -0.2) is 69.7 Å². The zero-order valence-corrected chi connectivity index (χ0v) is 16.7. The minimum Gasteiger partial charge on any atom is -0.493 e. The predicted octanol–water partition coefficient (Wildman–Crippen LogP) is 0.563. The first-order chi connectivity index (χ1) is 13.9. The molecule has 9 heteroatoms. The molecule has 0 bridgehead atoms. The number of alkyl halides is 2. The van der Waals surface area contributed by atoms with E-state index >= 15 is 0 Å². The quantitative estimate of drug-likeness (QED) is 0.582. The number of hydrogen-bond donors (Lipinski definition) is 2. The van der Waals surface area contributed by atoms with Crippen LogP contribution >= 0.6 is 0 Å². The molecule has 0 spiro atoms. The molecule has 2 amide bonds. The van der Waals surface area contributed by atoms with Crippen LogP contribution in [0.3, 0.4) is 0 Å². The number of amides is 2. The Kier molecular flexibility index (Phi) is 8.85. The number of piperazine rings is 1. The van der Waals surface area contributed by atoms with Crippen molar-refractivity contribution in [1.82, 2.24) is 10.2 Å². The van der Waals surface area contributed by atoms with Crippen molar-refractivity contribution in [2.45, 2.75) is 20.0 Å². The first kappa shape index (κ1) is 22.6. The molecule has 2 N–H and O–H groups in total. The van der Waals surface area contributed by atoms with E-state index in [0.29, 0.717) is 44.8 Å². The van der Waals surface area contributed by atoms with E-state index in [1.54, 1.807) is 17.0 Å². The van der Waals surface area contributed by atoms with Crippen LogP contribution in [0.4, 0.5) is 8.78 Å². The Hall–Kier alpha value is -2.68. The topological polar surface area (TPSA) is 72.3 Å². The second-order valence-electron chi connectivity index (χ2n) is 6.72. The Morgan fingerprint density at radius 2 is 2.00 bits per heavy atom. The maximum Gasteiger partial charge on any atom is 0.387 e. The summed E-state index contributed by atoms with van der Waals surface area (Å²) in [5.41, 5.74) is 0.633. The molecule has 1 aromatic carbocycles. The molecule has 1 aliphatic heterocycles. The summed E-state index contributed by atoms with van der Waals surface area (Å²) in [6.07, 6.45) is 3.96. The molecule has 1 aromatic rings. The molecule has 0 aromatic heterocycles. The number of nitrogens with one attached hydrogen (secondary N) is 2. The van der Waals surface area contributed by atoms with E-state index in [9.17, 15) is 18.4 Å². The molecule has 1 heterocycles. The summed E-state index contributed by atoms with van der Waals surface area (Å²) < 4.78 is 34.2. The van der Waals surface area contributed by atoms with Crippen LogP contribution in [0.25, 0.3) is 6.08 Å². The van der Waals surface area contributed by atoms with Gasteiger partial charge in [-0.3, -0.25) is 9.59 Å². The Balaban J connectivity index is 1.86. The van der Waals surface area contributed by atoms with Crippen molar-refractivity contribution in [3.05, 3.63) is 29.8 Å². The van der Waals surface area contributed by atoms with Gasteiger partial charge in [0.15, 0.2) is 18.0 Å². The lowest BCUT2D eigenvalue weighted by molar-refractivity contribution is -0.896. The number of ether oxygens (including phenoxy) is 2. The van der Waals surface area contributed by atoms with Crippen molar-refractivity contribution in [2.75, 3.05) is 46.4 Å². The average Bonchev–Trinajstić information content (AvgIpc) is 2.71. The van der Waals surface area contributed by atoms with Gasteiger partial charge in [-0.2, -0.15) is 8.78 Å². The van der Waals surface area contributed by atoms with Crippen molar-refractivity contribution in [1.29, 1.82) is 0 Å². The lowest BCUT2D eigenvalue weighted by atomic mass is 10.2. The molecule has 7 nitrogen and oxygen atoms in total. The summed E-state index contributed by atoms with van der Waals surface area (Å²) in [6, 6.07) is 4.47. The van der Waals surface area contributed by atoms with Gasteiger partial charge in [-0.1, -0.05) is 13.0 Å². The lowest BCUT2D eigenvalue weighted by Gasteiger charge is -2.31. The zero-order chi connectivity index (χ0) is 21.2. The van der Waals surface area contributed by atoms with Gasteiger partial charge in [0.25, 0.3) is 5.91 Å². The standard InChI is InChI=1S/C20H27F2N3O4/c1-3-8-23-18(26)14-24-9-11-25(12-10-24)19(27)7-5-15-4-6-16(29-20(21)22)17(13-15)28-2/h4-7,13,20H,3,8-12,14H2,1-2H3,(H,23,26)/p+1/b7-5+. The molecule has 1 aliphatic rings. The summed E-state index contributed by atoms with van der Waals surface area (Å²) in [5.74, 6) is 0.00704. The van der Waals surface area contributed by atoms with Gasteiger partial charge in [0.2, 0.25) is 5.91 Å². The summed E-state index contributed by atoms with van der Waals surface area (Å²) in [4.78, 5) is 27.1. The zero-order valence-electron chi connectivity index (χ0n) is 16.7. The second kappa shape index (κ2) is 11.4. The Morgan fingerprint density at radius 3 is 2.62 bits per heavy atom. The van der Waals surface area contributed by atoms with Gasteiger partial charge in [0, 0.05) is 12.6 Å². The molecule has 2 rings (SSSR count). The molecular weight excluding hydrogens is 384 g/mol. The van der Waals surface area contributed by atoms with Crippen molar-refractivity contribution in [3.8, 4) is 11.5 Å². The third kappa shape index (κ3) is 7.34. The van der Waals surface area contributed by atoms with Crippen LogP contribution in [0.15, 0.2) is 24.3 Å². The SMILES string of the molecule is CCCNC(=O)C[NH+]1CCN(C(=O)/C=C/c2ccc(OC(F)F)c(OC)c2)CC1. The molecule has 1 saturated heterocycles. The van der Waals surface area contributed by atoms with E-state index in [4.69, 9.17) is 4.74 Å². The highest BCUT2D eigenvalue weighted by atomic mass is 19.3. The first-order valence-electron chi connectivity index (χ1n) is 9.63. The fraction of sp³-hybridized carbons (Fsp3) is 0.500. The number of benzene rings is 1. The number of carbonyl (C=O) groups excluding carboxylic acids is 2. The molecule has 0 aliphatic carbocycles. The lowest BCUT2D eigenvalue weighted by Crippen LogP contribution is -3.15. The summed E-state index contributed by atoms with van der Waals surface area (Å²) in [5, 5.41) is 2.86. The highest BCUT2D eigenvalue weighted by Gasteiger charge is 2.24. The fourth-order valence-electron chi connectivity index (χ4n) is 3.03. The average molecular weight is 412 g/mol. The molecule has 160 valence electrons. The number of hydrogen-bond acceptors (Lipinski definition) is 4. The number of rotatable bonds is 9. The maximum absolute atomic E-state index is 12.4. The minimum atomic E-state index is -2.94. The van der Waals surface area contributed by atoms with E-state index in [1.807, 2.05) is 6.92 Å². The third-order valence-corrected chi connectivity index (χ3v) is 4.59. The number of carbonyl (C=O) groups is 2. The summed E-state index contributed by atoms with van der Waals surface area (Å²) in [6.45, 7) is 2.75. The molecule has 0 saturated carbocycles. The molecule has 1 fully saturated rings. The highest BCUT2D eigenvalue weighted by molar-refractivity contribution is 5.92. The van der Waals surface area contributed by atoms with Crippen LogP contribution in [0.2, 0.25) is 0 Å². The van der Waals surface area contributed by atoms with E-state index in [-0.39, 0.29) is 23.3 Å². The highest BCUT2D eigenvalue weighted by Crippen LogP contribution is 2.29. The largest absolute Gasteiger partial charge is 0.493 e. The van der Waals surface area contributed by atoms with Gasteiger partial charge in [-0.15, -0.1) is 0 Å². The van der Waals surface area contributed by atoms with Crippen molar-refractivity contribution in [3.63, 3.8) is 0 Å². The third-order valence-electron chi connectivity index (χ3n) is 4.59. The van der Waals surface area contributed by atoms with Crippen LogP contribution in [-0.2, 0) is 9.59 Å². The smallest absolute Gasteiger partial charge is 0.387 e. The predicted molar refractivity (Wildman–Crippen MR) is 104 cm³/mol. The van der Waals surface area contributed by atoms with Crippen molar-refractivity contribution < 1.29 is 32.7 Å².